The van der Waals surface area contributed by atoms with E-state index in [0.29, 0.717) is 37.2 Å². The summed E-state index contributed by atoms with van der Waals surface area (Å²) in [5.41, 5.74) is 4.83. The van der Waals surface area contributed by atoms with Gasteiger partial charge < -0.3 is 20.4 Å². The monoisotopic (exact) mass is 592 g/mol. The topological polar surface area (TPSA) is 122 Å². The number of nitrogens with zero attached hydrogens (tertiary/aromatic N) is 2. The van der Waals surface area contributed by atoms with Crippen LogP contribution in [0, 0.1) is 17.8 Å². The Labute approximate surface area is 256 Å². The minimum absolute atomic E-state index is 0.0808. The molecule has 0 bridgehead atoms. The number of rotatable bonds is 16. The molecule has 0 saturated carbocycles. The van der Waals surface area contributed by atoms with Crippen LogP contribution in [0.3, 0.4) is 0 Å². The standard InChI is InChI=1S/C34H48N4O5/c1-7-11-26-19-27(22-28(20-26)34(43)37(16-8-2)17-9-3)33(42)35-30(21-25-12-14-29(39)15-13-25)31(40)23-38(10-4)36-32(41)18-24(5)6/h12-15,19-20,22,24,30-31,39-40H,8-10,16-18,21,23H2,1-6H3,(H,35,42)(H,36,41). The van der Waals surface area contributed by atoms with Crippen LogP contribution >= 0.6 is 0 Å². The molecule has 3 amide bonds. The predicted octanol–water partition coefficient (Wildman–Crippen LogP) is 4.13. The van der Waals surface area contributed by atoms with Gasteiger partial charge in [0.05, 0.1) is 12.1 Å². The summed E-state index contributed by atoms with van der Waals surface area (Å²) in [5.74, 6) is 5.35. The highest BCUT2D eigenvalue weighted by Crippen LogP contribution is 2.17. The smallest absolute Gasteiger partial charge is 0.253 e. The molecule has 0 aromatic heterocycles. The second-order valence-corrected chi connectivity index (χ2v) is 11.2. The summed E-state index contributed by atoms with van der Waals surface area (Å²) >= 11 is 0. The Hall–Kier alpha value is -3.87. The molecule has 2 aromatic carbocycles. The maximum Gasteiger partial charge on any atom is 0.253 e. The molecule has 0 saturated heterocycles. The number of aromatic hydroxyl groups is 1. The number of phenols is 1. The van der Waals surface area contributed by atoms with Crippen LogP contribution < -0.4 is 10.7 Å². The van der Waals surface area contributed by atoms with Crippen molar-refractivity contribution in [2.45, 2.75) is 79.4 Å². The average Bonchev–Trinajstić information content (AvgIpc) is 2.96. The zero-order valence-electron chi connectivity index (χ0n) is 26.4. The molecular weight excluding hydrogens is 544 g/mol. The SMILES string of the molecule is CC#Cc1cc(C(=O)NC(Cc2ccc(O)cc2)C(O)CN(CC)NC(=O)CC(C)C)cc(C(=O)N(CCC)CCC)c1. The van der Waals surface area contributed by atoms with E-state index in [0.717, 1.165) is 18.4 Å². The number of hydrogen-bond acceptors (Lipinski definition) is 6. The number of carbonyl (C=O) groups is 3. The maximum atomic E-state index is 13.7. The molecule has 43 heavy (non-hydrogen) atoms. The lowest BCUT2D eigenvalue weighted by Crippen LogP contribution is -2.53. The van der Waals surface area contributed by atoms with E-state index in [1.165, 1.54) is 0 Å². The Morgan fingerprint density at radius 1 is 0.953 bits per heavy atom. The zero-order chi connectivity index (χ0) is 31.9. The fraction of sp³-hybridized carbons (Fsp3) is 0.500. The van der Waals surface area contributed by atoms with E-state index in [4.69, 9.17) is 0 Å². The van der Waals surface area contributed by atoms with Crippen LogP contribution in [0.1, 0.15) is 92.6 Å². The Morgan fingerprint density at radius 3 is 2.14 bits per heavy atom. The first-order chi connectivity index (χ1) is 20.5. The van der Waals surface area contributed by atoms with Gasteiger partial charge in [0.1, 0.15) is 5.75 Å². The number of hydrogen-bond donors (Lipinski definition) is 4. The van der Waals surface area contributed by atoms with Crippen molar-refractivity contribution < 1.29 is 24.6 Å². The molecule has 9 nitrogen and oxygen atoms in total. The lowest BCUT2D eigenvalue weighted by atomic mass is 9.99. The van der Waals surface area contributed by atoms with Gasteiger partial charge in [0, 0.05) is 49.3 Å². The molecule has 0 aliphatic rings. The van der Waals surface area contributed by atoms with E-state index >= 15 is 0 Å². The number of nitrogens with one attached hydrogen (secondary N) is 2. The minimum atomic E-state index is -1.05. The molecule has 2 rings (SSSR count). The molecule has 4 N–H and O–H groups in total. The van der Waals surface area contributed by atoms with Crippen molar-refractivity contribution >= 4 is 17.7 Å². The molecule has 0 fully saturated rings. The third-order valence-electron chi connectivity index (χ3n) is 6.82. The van der Waals surface area contributed by atoms with E-state index < -0.39 is 18.1 Å². The molecular formula is C34H48N4O5. The summed E-state index contributed by atoms with van der Waals surface area (Å²) in [5, 5.41) is 25.7. The van der Waals surface area contributed by atoms with Crippen molar-refractivity contribution in [3.63, 3.8) is 0 Å². The van der Waals surface area contributed by atoms with Crippen LogP contribution in [0.2, 0.25) is 0 Å². The fourth-order valence-electron chi connectivity index (χ4n) is 4.76. The van der Waals surface area contributed by atoms with Crippen LogP contribution in [0.15, 0.2) is 42.5 Å². The average molecular weight is 593 g/mol. The van der Waals surface area contributed by atoms with Gasteiger partial charge in [0.25, 0.3) is 11.8 Å². The number of aliphatic hydroxyl groups is 1. The van der Waals surface area contributed by atoms with Gasteiger partial charge in [-0.2, -0.15) is 0 Å². The van der Waals surface area contributed by atoms with Crippen LogP contribution in [0.5, 0.6) is 5.75 Å². The summed E-state index contributed by atoms with van der Waals surface area (Å²) in [6.45, 7) is 13.3. The highest BCUT2D eigenvalue weighted by molar-refractivity contribution is 6.00. The van der Waals surface area contributed by atoms with Crippen molar-refractivity contribution in [1.29, 1.82) is 0 Å². The number of carbonyl (C=O) groups excluding carboxylic acids is 3. The number of aliphatic hydroxyl groups excluding tert-OH is 1. The van der Waals surface area contributed by atoms with E-state index in [-0.39, 0.29) is 42.0 Å². The summed E-state index contributed by atoms with van der Waals surface area (Å²) in [6.07, 6.45) is 1.20. The van der Waals surface area contributed by atoms with Crippen molar-refractivity contribution in [2.24, 2.45) is 5.92 Å². The van der Waals surface area contributed by atoms with E-state index in [9.17, 15) is 24.6 Å². The van der Waals surface area contributed by atoms with Gasteiger partial charge in [-0.05, 0) is 68.0 Å². The Bertz CT molecular complexity index is 1260. The molecule has 2 aromatic rings. The quantitative estimate of drug-likeness (QED) is 0.172. The number of phenolic OH excluding ortho intramolecular Hbond substituents is 1. The van der Waals surface area contributed by atoms with Gasteiger partial charge in [-0.15, -0.1) is 5.92 Å². The van der Waals surface area contributed by atoms with E-state index in [1.807, 2.05) is 34.6 Å². The van der Waals surface area contributed by atoms with Gasteiger partial charge in [-0.3, -0.25) is 19.8 Å². The molecule has 234 valence electrons. The third kappa shape index (κ3) is 11.7. The largest absolute Gasteiger partial charge is 0.508 e. The highest BCUT2D eigenvalue weighted by Gasteiger charge is 2.26. The van der Waals surface area contributed by atoms with Gasteiger partial charge in [-0.25, -0.2) is 5.01 Å². The lowest BCUT2D eigenvalue weighted by Gasteiger charge is -2.30. The second kappa shape index (κ2) is 17.9. The lowest BCUT2D eigenvalue weighted by molar-refractivity contribution is -0.127. The second-order valence-electron chi connectivity index (χ2n) is 11.2. The van der Waals surface area contributed by atoms with Gasteiger partial charge in [0.15, 0.2) is 0 Å². The molecule has 9 heteroatoms. The van der Waals surface area contributed by atoms with Crippen molar-refractivity contribution in [3.8, 4) is 17.6 Å². The van der Waals surface area contributed by atoms with Gasteiger partial charge in [-0.1, -0.05) is 52.7 Å². The van der Waals surface area contributed by atoms with Crippen LogP contribution in [0.4, 0.5) is 0 Å². The minimum Gasteiger partial charge on any atom is -0.508 e. The third-order valence-corrected chi connectivity index (χ3v) is 6.82. The first kappa shape index (κ1) is 35.3. The molecule has 0 spiro atoms. The molecule has 0 radical (unpaired) electrons. The molecule has 0 heterocycles. The van der Waals surface area contributed by atoms with Crippen molar-refractivity contribution in [1.82, 2.24) is 20.7 Å². The van der Waals surface area contributed by atoms with Gasteiger partial charge >= 0.3 is 0 Å². The summed E-state index contributed by atoms with van der Waals surface area (Å²) < 4.78 is 0. The van der Waals surface area contributed by atoms with Gasteiger partial charge in [0.2, 0.25) is 5.91 Å². The first-order valence-corrected chi connectivity index (χ1v) is 15.2. The normalized spacial score (nSPS) is 12.3. The molecule has 0 aliphatic heterocycles. The summed E-state index contributed by atoms with van der Waals surface area (Å²) in [7, 11) is 0. The summed E-state index contributed by atoms with van der Waals surface area (Å²) in [6, 6.07) is 10.7. The molecule has 2 unspecified atom stereocenters. The number of amides is 3. The maximum absolute atomic E-state index is 13.7. The first-order valence-electron chi connectivity index (χ1n) is 15.2. The number of likely N-dealkylation sites (N-methyl/N-ethyl adjacent to an activating group) is 1. The number of benzene rings is 2. The van der Waals surface area contributed by atoms with Crippen molar-refractivity contribution in [3.05, 3.63) is 64.7 Å². The summed E-state index contributed by atoms with van der Waals surface area (Å²) in [4.78, 5) is 41.3. The molecule has 0 aliphatic carbocycles. The number of hydrazine groups is 1. The van der Waals surface area contributed by atoms with Crippen molar-refractivity contribution in [2.75, 3.05) is 26.2 Å². The van der Waals surface area contributed by atoms with Crippen LogP contribution in [-0.2, 0) is 11.2 Å². The van der Waals surface area contributed by atoms with E-state index in [1.54, 1.807) is 59.3 Å². The van der Waals surface area contributed by atoms with E-state index in [2.05, 4.69) is 22.6 Å². The predicted molar refractivity (Wildman–Crippen MR) is 169 cm³/mol. The van der Waals surface area contributed by atoms with Crippen LogP contribution in [0.25, 0.3) is 0 Å². The molecule has 2 atom stereocenters. The highest BCUT2D eigenvalue weighted by atomic mass is 16.3. The Kier molecular flexibility index (Phi) is 14.7. The van der Waals surface area contributed by atoms with Crippen LogP contribution in [-0.4, -0.2) is 76.2 Å². The zero-order valence-corrected chi connectivity index (χ0v) is 26.4. The fourth-order valence-corrected chi connectivity index (χ4v) is 4.76. The Morgan fingerprint density at radius 2 is 1.58 bits per heavy atom. The Balaban J connectivity index is 2.39.